The van der Waals surface area contributed by atoms with E-state index in [0.717, 1.165) is 23.5 Å². The standard InChI is InChI=1S/C17H23BrO/c1-10-8-12(9-11(2)17(10)19-3)16(18)15-13-6-4-5-7-14(13)15/h8-9,13-16H,4-7H2,1-3H3. The van der Waals surface area contributed by atoms with Crippen molar-refractivity contribution >= 4 is 15.9 Å². The Morgan fingerprint density at radius 3 is 2.11 bits per heavy atom. The van der Waals surface area contributed by atoms with Crippen molar-refractivity contribution in [2.75, 3.05) is 7.11 Å². The Morgan fingerprint density at radius 2 is 1.63 bits per heavy atom. The normalized spacial score (nSPS) is 30.6. The Kier molecular flexibility index (Phi) is 3.63. The third kappa shape index (κ3) is 2.33. The number of aryl methyl sites for hydroxylation is 2. The smallest absolute Gasteiger partial charge is 0.124 e. The van der Waals surface area contributed by atoms with E-state index in [-0.39, 0.29) is 0 Å². The van der Waals surface area contributed by atoms with Gasteiger partial charge < -0.3 is 4.74 Å². The molecule has 2 aliphatic rings. The average Bonchev–Trinajstić information content (AvgIpc) is 3.11. The molecule has 0 saturated heterocycles. The molecule has 0 bridgehead atoms. The largest absolute Gasteiger partial charge is 0.496 e. The van der Waals surface area contributed by atoms with Gasteiger partial charge in [0, 0.05) is 4.83 Å². The van der Waals surface area contributed by atoms with Gasteiger partial charge in [-0.05, 0) is 61.1 Å². The van der Waals surface area contributed by atoms with Crippen molar-refractivity contribution in [3.05, 3.63) is 28.8 Å². The van der Waals surface area contributed by atoms with Crippen LogP contribution in [0.25, 0.3) is 0 Å². The van der Waals surface area contributed by atoms with Crippen LogP contribution in [0.2, 0.25) is 0 Å². The average molecular weight is 323 g/mol. The molecule has 2 fully saturated rings. The zero-order valence-corrected chi connectivity index (χ0v) is 13.7. The molecule has 0 aliphatic heterocycles. The molecule has 1 nitrogen and oxygen atoms in total. The second-order valence-electron chi connectivity index (χ2n) is 6.28. The molecule has 0 radical (unpaired) electrons. The van der Waals surface area contributed by atoms with Crippen molar-refractivity contribution in [3.63, 3.8) is 0 Å². The van der Waals surface area contributed by atoms with E-state index >= 15 is 0 Å². The topological polar surface area (TPSA) is 9.23 Å². The molecular formula is C17H23BrO. The first-order valence-corrected chi connectivity index (χ1v) is 8.34. The minimum atomic E-state index is 0.531. The fraction of sp³-hybridized carbons (Fsp3) is 0.647. The summed E-state index contributed by atoms with van der Waals surface area (Å²) in [6, 6.07) is 4.60. The number of hydrogen-bond donors (Lipinski definition) is 0. The highest BCUT2D eigenvalue weighted by Crippen LogP contribution is 2.62. The van der Waals surface area contributed by atoms with Gasteiger partial charge in [0.25, 0.3) is 0 Å². The molecule has 3 atom stereocenters. The summed E-state index contributed by atoms with van der Waals surface area (Å²) < 4.78 is 5.47. The van der Waals surface area contributed by atoms with Crippen LogP contribution in [0.5, 0.6) is 5.75 Å². The second kappa shape index (κ2) is 5.12. The highest BCUT2D eigenvalue weighted by atomic mass is 79.9. The second-order valence-corrected chi connectivity index (χ2v) is 7.27. The third-order valence-electron chi connectivity index (χ3n) is 5.07. The van der Waals surface area contributed by atoms with Crippen LogP contribution in [0.3, 0.4) is 0 Å². The number of methoxy groups -OCH3 is 1. The maximum absolute atomic E-state index is 5.47. The minimum absolute atomic E-state index is 0.531. The summed E-state index contributed by atoms with van der Waals surface area (Å²) in [5.41, 5.74) is 3.95. The highest BCUT2D eigenvalue weighted by Gasteiger charge is 2.53. The van der Waals surface area contributed by atoms with E-state index in [1.54, 1.807) is 7.11 Å². The van der Waals surface area contributed by atoms with E-state index < -0.39 is 0 Å². The molecule has 104 valence electrons. The molecule has 2 saturated carbocycles. The summed E-state index contributed by atoms with van der Waals surface area (Å²) in [5.74, 6) is 3.88. The Bertz CT molecular complexity index is 447. The van der Waals surface area contributed by atoms with Gasteiger partial charge in [-0.25, -0.2) is 0 Å². The maximum Gasteiger partial charge on any atom is 0.124 e. The van der Waals surface area contributed by atoms with E-state index in [2.05, 4.69) is 41.9 Å². The summed E-state index contributed by atoms with van der Waals surface area (Å²) in [7, 11) is 1.76. The molecule has 3 rings (SSSR count). The van der Waals surface area contributed by atoms with Gasteiger partial charge in [0.15, 0.2) is 0 Å². The van der Waals surface area contributed by atoms with Crippen LogP contribution in [-0.4, -0.2) is 7.11 Å². The molecular weight excluding hydrogens is 300 g/mol. The summed E-state index contributed by atoms with van der Waals surface area (Å²) >= 11 is 3.98. The van der Waals surface area contributed by atoms with Crippen LogP contribution in [0.1, 0.15) is 47.2 Å². The number of fused-ring (bicyclic) bond motifs is 1. The maximum atomic E-state index is 5.47. The van der Waals surface area contributed by atoms with Crippen molar-refractivity contribution in [2.24, 2.45) is 17.8 Å². The van der Waals surface area contributed by atoms with Gasteiger partial charge in [-0.3, -0.25) is 0 Å². The lowest BCUT2D eigenvalue weighted by molar-refractivity contribution is 0.408. The van der Waals surface area contributed by atoms with Gasteiger partial charge in [0.1, 0.15) is 5.75 Å². The summed E-state index contributed by atoms with van der Waals surface area (Å²) in [4.78, 5) is 0.531. The van der Waals surface area contributed by atoms with Crippen LogP contribution >= 0.6 is 15.9 Å². The number of hydrogen-bond acceptors (Lipinski definition) is 1. The number of alkyl halides is 1. The first kappa shape index (κ1) is 13.5. The van der Waals surface area contributed by atoms with Gasteiger partial charge in [-0.1, -0.05) is 40.9 Å². The predicted molar refractivity (Wildman–Crippen MR) is 83.1 cm³/mol. The molecule has 0 spiro atoms. The molecule has 2 heteroatoms. The summed E-state index contributed by atoms with van der Waals surface area (Å²) in [6.45, 7) is 4.30. The van der Waals surface area contributed by atoms with Gasteiger partial charge in [-0.15, -0.1) is 0 Å². The third-order valence-corrected chi connectivity index (χ3v) is 6.21. The molecule has 0 heterocycles. The van der Waals surface area contributed by atoms with E-state index in [1.807, 2.05) is 0 Å². The van der Waals surface area contributed by atoms with E-state index in [1.165, 1.54) is 42.4 Å². The SMILES string of the molecule is COc1c(C)cc(C(Br)C2C3CCCCC32)cc1C. The molecule has 1 aromatic rings. The monoisotopic (exact) mass is 322 g/mol. The zero-order chi connectivity index (χ0) is 13.6. The number of benzene rings is 1. The lowest BCUT2D eigenvalue weighted by atomic mass is 10.0. The van der Waals surface area contributed by atoms with Crippen LogP contribution in [-0.2, 0) is 0 Å². The predicted octanol–water partition coefficient (Wildman–Crippen LogP) is 5.18. The Hall–Kier alpha value is -0.500. The quantitative estimate of drug-likeness (QED) is 0.696. The Labute approximate surface area is 124 Å². The molecule has 2 aliphatic carbocycles. The minimum Gasteiger partial charge on any atom is -0.496 e. The first-order chi connectivity index (χ1) is 9.13. The van der Waals surface area contributed by atoms with Crippen molar-refractivity contribution < 1.29 is 4.74 Å². The number of ether oxygens (including phenoxy) is 1. The Morgan fingerprint density at radius 1 is 1.11 bits per heavy atom. The van der Waals surface area contributed by atoms with E-state index in [9.17, 15) is 0 Å². The van der Waals surface area contributed by atoms with Gasteiger partial charge >= 0.3 is 0 Å². The van der Waals surface area contributed by atoms with Crippen LogP contribution in [0, 0.1) is 31.6 Å². The zero-order valence-electron chi connectivity index (χ0n) is 12.1. The summed E-state index contributed by atoms with van der Waals surface area (Å²) in [6.07, 6.45) is 5.78. The molecule has 0 N–H and O–H groups in total. The fourth-order valence-electron chi connectivity index (χ4n) is 4.17. The van der Waals surface area contributed by atoms with Crippen molar-refractivity contribution in [1.82, 2.24) is 0 Å². The lowest BCUT2D eigenvalue weighted by Crippen LogP contribution is -1.99. The van der Waals surface area contributed by atoms with Gasteiger partial charge in [0.05, 0.1) is 7.11 Å². The van der Waals surface area contributed by atoms with E-state index in [4.69, 9.17) is 4.74 Å². The molecule has 3 unspecified atom stereocenters. The van der Waals surface area contributed by atoms with Gasteiger partial charge in [0.2, 0.25) is 0 Å². The number of halogens is 1. The van der Waals surface area contributed by atoms with Crippen molar-refractivity contribution in [1.29, 1.82) is 0 Å². The Balaban J connectivity index is 1.82. The first-order valence-electron chi connectivity index (χ1n) is 7.42. The van der Waals surface area contributed by atoms with E-state index in [0.29, 0.717) is 4.83 Å². The van der Waals surface area contributed by atoms with Gasteiger partial charge in [-0.2, -0.15) is 0 Å². The van der Waals surface area contributed by atoms with Crippen molar-refractivity contribution in [3.8, 4) is 5.75 Å². The van der Waals surface area contributed by atoms with Crippen molar-refractivity contribution in [2.45, 2.75) is 44.4 Å². The highest BCUT2D eigenvalue weighted by molar-refractivity contribution is 9.09. The molecule has 1 aromatic carbocycles. The fourth-order valence-corrected chi connectivity index (χ4v) is 5.22. The summed E-state index contributed by atoms with van der Waals surface area (Å²) in [5, 5.41) is 0. The van der Waals surface area contributed by atoms with Crippen LogP contribution < -0.4 is 4.74 Å². The lowest BCUT2D eigenvalue weighted by Gasteiger charge is -2.15. The van der Waals surface area contributed by atoms with Crippen LogP contribution in [0.15, 0.2) is 12.1 Å². The molecule has 0 aromatic heterocycles. The van der Waals surface area contributed by atoms with Crippen LogP contribution in [0.4, 0.5) is 0 Å². The molecule has 0 amide bonds. The number of rotatable bonds is 3. The molecule has 19 heavy (non-hydrogen) atoms.